The number of aliphatic carboxylic acids is 1. The van der Waals surface area contributed by atoms with E-state index >= 15 is 0 Å². The number of carbonyl (C=O) groups excluding carboxylic acids is 7. The van der Waals surface area contributed by atoms with Gasteiger partial charge in [-0.2, -0.15) is 0 Å². The number of hydrogen-bond acceptors (Lipinski definition) is 15. The summed E-state index contributed by atoms with van der Waals surface area (Å²) in [5.74, 6) is -6.55. The Labute approximate surface area is 334 Å². The Morgan fingerprint density at radius 1 is 1.08 bits per heavy atom. The van der Waals surface area contributed by atoms with Crippen molar-refractivity contribution < 1.29 is 78.4 Å². The second kappa shape index (κ2) is 16.6. The van der Waals surface area contributed by atoms with Crippen molar-refractivity contribution in [3.05, 3.63) is 76.4 Å². The minimum absolute atomic E-state index is 0. The Morgan fingerprint density at radius 3 is 2.51 bits per heavy atom. The van der Waals surface area contributed by atoms with E-state index in [1.54, 1.807) is 18.2 Å². The number of aromatic hydroxyl groups is 2. The summed E-state index contributed by atoms with van der Waals surface area (Å²) in [6, 6.07) is 9.20. The number of nitrogens with one attached hydrogen (secondary N) is 3. The number of thioether (sulfide) groups is 2. The molecule has 0 saturated carbocycles. The van der Waals surface area contributed by atoms with Gasteiger partial charge in [-0.1, -0.05) is 65.6 Å². The van der Waals surface area contributed by atoms with Gasteiger partial charge in [-0.05, 0) is 17.2 Å². The molecule has 2 aromatic carbocycles. The second-order valence-corrected chi connectivity index (χ2v) is 14.5. The third kappa shape index (κ3) is 7.71. The molecule has 1 aromatic heterocycles. The average Bonchev–Trinajstić information content (AvgIpc) is 3.66. The van der Waals surface area contributed by atoms with Crippen molar-refractivity contribution in [1.82, 2.24) is 40.8 Å². The molecule has 3 aromatic rings. The summed E-state index contributed by atoms with van der Waals surface area (Å²) >= 11 is 3.55. The molecule has 2 saturated heterocycles. The molecule has 0 radical (unpaired) electrons. The number of β-lactam (4-membered cyclic amide) rings is 1. The SMILES string of the molecule is O=CN[C@@]1(NC(=O)C(NC(=O)N2CCN(Cc3cccc(O)c3O)C(=O)C2=O)c2ccccc2)C(=O)N2C(C(=O)[O-])=C(CSc3nncs3)CS[C@H]21.[Na+]. The predicted molar refractivity (Wildman–Crippen MR) is 180 cm³/mol. The van der Waals surface area contributed by atoms with Crippen LogP contribution >= 0.6 is 34.9 Å². The third-order valence-corrected chi connectivity index (χ3v) is 11.7. The molecule has 5 N–H and O–H groups in total. The minimum Gasteiger partial charge on any atom is -0.543 e. The number of hydrogen-bond donors (Lipinski definition) is 5. The van der Waals surface area contributed by atoms with Crippen molar-refractivity contribution in [3.63, 3.8) is 0 Å². The maximum Gasteiger partial charge on any atom is 1.00 e. The van der Waals surface area contributed by atoms with E-state index in [2.05, 4.69) is 26.1 Å². The third-order valence-electron chi connectivity index (χ3n) is 8.34. The van der Waals surface area contributed by atoms with Crippen LogP contribution in [0.4, 0.5) is 4.79 Å². The number of carboxylic acid groups (broad SMARTS) is 1. The van der Waals surface area contributed by atoms with Gasteiger partial charge in [0.25, 0.3) is 5.91 Å². The number of imide groups is 1. The van der Waals surface area contributed by atoms with Gasteiger partial charge in [0.15, 0.2) is 15.8 Å². The molecule has 3 aliphatic heterocycles. The molecule has 2 fully saturated rings. The summed E-state index contributed by atoms with van der Waals surface area (Å²) in [7, 11) is 0. The normalized spacial score (nSPS) is 20.1. The van der Waals surface area contributed by atoms with Gasteiger partial charge in [-0.15, -0.1) is 22.0 Å². The van der Waals surface area contributed by atoms with Gasteiger partial charge >= 0.3 is 47.4 Å². The van der Waals surface area contributed by atoms with Gasteiger partial charge in [0.2, 0.25) is 18.0 Å². The summed E-state index contributed by atoms with van der Waals surface area (Å²) in [6.45, 7) is -0.663. The van der Waals surface area contributed by atoms with Crippen LogP contribution in [0.15, 0.2) is 69.7 Å². The number of piperazine rings is 1. The molecule has 53 heavy (non-hydrogen) atoms. The summed E-state index contributed by atoms with van der Waals surface area (Å²) in [5, 5.41) is 46.0. The van der Waals surface area contributed by atoms with E-state index in [1.807, 2.05) is 0 Å². The Hall–Kier alpha value is -4.67. The summed E-state index contributed by atoms with van der Waals surface area (Å²) in [4.78, 5) is 94.1. The monoisotopic (exact) mass is 790 g/mol. The first-order valence-corrected chi connectivity index (χ1v) is 18.1. The standard InChI is InChI=1S/C31H28N8O10S3.Na/c40-14-32-31(27(48)39-21(26(46)47)18(12-50-28(31)39)13-51-30-36-33-15-52-30)35-23(43)20(16-5-2-1-3-6-16)34-29(49)38-10-9-37(24(44)25(38)45)11-17-7-4-8-19(41)22(17)42;/h1-8,14-15,20,28,41-42H,9-13H2,(H,32,40)(H,34,49)(H,35,43)(H,46,47);/q;+1/p-1/t20?,28-,31+;/m0./s1. The van der Waals surface area contributed by atoms with E-state index in [0.717, 1.165) is 21.6 Å². The van der Waals surface area contributed by atoms with E-state index in [1.165, 1.54) is 58.9 Å². The Morgan fingerprint density at radius 2 is 1.83 bits per heavy atom. The van der Waals surface area contributed by atoms with Gasteiger partial charge in [0.1, 0.15) is 16.9 Å². The molecule has 18 nitrogen and oxygen atoms in total. The molecule has 7 amide bonds. The van der Waals surface area contributed by atoms with Crippen LogP contribution in [-0.4, -0.2) is 113 Å². The number of carboxylic acids is 1. The van der Waals surface area contributed by atoms with Gasteiger partial charge < -0.3 is 41.0 Å². The van der Waals surface area contributed by atoms with Crippen molar-refractivity contribution in [2.75, 3.05) is 24.6 Å². The number of urea groups is 1. The molecule has 270 valence electrons. The summed E-state index contributed by atoms with van der Waals surface area (Å²) in [5.41, 5.74) is -0.291. The number of benzene rings is 2. The van der Waals surface area contributed by atoms with E-state index in [0.29, 0.717) is 14.8 Å². The first kappa shape index (κ1) is 39.5. The number of phenolic OH excluding ortho intramolecular Hbond substituents is 2. The largest absolute Gasteiger partial charge is 1.00 e. The molecule has 22 heteroatoms. The number of nitrogens with zero attached hydrogens (tertiary/aromatic N) is 5. The molecular weight excluding hydrogens is 764 g/mol. The minimum atomic E-state index is -2.13. The topological polar surface area (TPSA) is 255 Å². The molecule has 6 rings (SSSR count). The number of fused-ring (bicyclic) bond motifs is 1. The van der Waals surface area contributed by atoms with Crippen LogP contribution < -0.4 is 50.6 Å². The Balaban J connectivity index is 0.00000541. The maximum absolute atomic E-state index is 14.0. The van der Waals surface area contributed by atoms with Crippen molar-refractivity contribution in [3.8, 4) is 11.5 Å². The fourth-order valence-electron chi connectivity index (χ4n) is 5.81. The number of rotatable bonds is 12. The van der Waals surface area contributed by atoms with E-state index in [4.69, 9.17) is 0 Å². The molecule has 0 bridgehead atoms. The van der Waals surface area contributed by atoms with E-state index in [9.17, 15) is 48.9 Å². The first-order valence-electron chi connectivity index (χ1n) is 15.2. The van der Waals surface area contributed by atoms with Gasteiger partial charge in [0.05, 0.1) is 11.7 Å². The van der Waals surface area contributed by atoms with Gasteiger partial charge in [-0.25, -0.2) is 4.79 Å². The van der Waals surface area contributed by atoms with E-state index in [-0.39, 0.29) is 78.2 Å². The molecule has 4 heterocycles. The summed E-state index contributed by atoms with van der Waals surface area (Å²) < 4.78 is 0.576. The van der Waals surface area contributed by atoms with Crippen LogP contribution in [0.1, 0.15) is 17.2 Å². The maximum atomic E-state index is 14.0. The smallest absolute Gasteiger partial charge is 0.543 e. The zero-order valence-corrected chi connectivity index (χ0v) is 32.0. The van der Waals surface area contributed by atoms with Crippen molar-refractivity contribution in [2.24, 2.45) is 0 Å². The van der Waals surface area contributed by atoms with E-state index < -0.39 is 69.9 Å². The molecule has 0 spiro atoms. The molecule has 3 aliphatic rings. The van der Waals surface area contributed by atoms with Crippen molar-refractivity contribution in [1.29, 1.82) is 0 Å². The van der Waals surface area contributed by atoms with Crippen molar-refractivity contribution >= 4 is 76.9 Å². The number of phenols is 2. The fraction of sp³-hybridized carbons (Fsp3) is 0.258. The van der Waals surface area contributed by atoms with Gasteiger partial charge in [-0.3, -0.25) is 33.8 Å². The summed E-state index contributed by atoms with van der Waals surface area (Å²) in [6.07, 6.45) is 0.176. The quantitative estimate of drug-likeness (QED) is 0.0222. The van der Waals surface area contributed by atoms with Crippen LogP contribution in [0.25, 0.3) is 0 Å². The fourth-order valence-corrected chi connectivity index (χ4v) is 8.87. The van der Waals surface area contributed by atoms with Crippen molar-refractivity contribution in [2.45, 2.75) is 28.0 Å². The zero-order valence-electron chi connectivity index (χ0n) is 27.6. The van der Waals surface area contributed by atoms with Crippen LogP contribution in [0, 0.1) is 0 Å². The van der Waals surface area contributed by atoms with Crippen LogP contribution in [0.5, 0.6) is 11.5 Å². The first-order chi connectivity index (χ1) is 25.0. The van der Waals surface area contributed by atoms with Crippen LogP contribution in [-0.2, 0) is 35.3 Å². The predicted octanol–water partition coefficient (Wildman–Crippen LogP) is -4.16. The Bertz CT molecular complexity index is 1990. The van der Waals surface area contributed by atoms with Crippen LogP contribution in [0.2, 0.25) is 0 Å². The number of para-hydroxylation sites is 1. The molecule has 0 aliphatic carbocycles. The van der Waals surface area contributed by atoms with Crippen LogP contribution in [0.3, 0.4) is 0 Å². The second-order valence-electron chi connectivity index (χ2n) is 11.4. The number of aromatic nitrogens is 2. The number of carbonyl (C=O) groups is 7. The molecule has 1 unspecified atom stereocenters. The molecular formula is C31H27N8NaO10S3. The molecule has 3 atom stereocenters. The Kier molecular flexibility index (Phi) is 12.4. The zero-order chi connectivity index (χ0) is 37.2. The number of amides is 7. The van der Waals surface area contributed by atoms with Gasteiger partial charge in [0, 0.05) is 36.7 Å². The average molecular weight is 791 g/mol.